The van der Waals surface area contributed by atoms with Crippen LogP contribution in [-0.4, -0.2) is 17.4 Å². The van der Waals surface area contributed by atoms with Gasteiger partial charge in [0.25, 0.3) is 0 Å². The molecule has 0 spiro atoms. The van der Waals surface area contributed by atoms with Crippen molar-refractivity contribution in [2.75, 3.05) is 0 Å². The summed E-state index contributed by atoms with van der Waals surface area (Å²) in [5, 5.41) is 12.8. The van der Waals surface area contributed by atoms with Crippen LogP contribution in [0.3, 0.4) is 0 Å². The van der Waals surface area contributed by atoms with Gasteiger partial charge in [0.2, 0.25) is 0 Å². The van der Waals surface area contributed by atoms with E-state index in [0.29, 0.717) is 12.0 Å². The summed E-state index contributed by atoms with van der Waals surface area (Å²) in [4.78, 5) is 0. The molecular weight excluding hydrogens is 150 g/mol. The SMILES string of the molecule is CC(C)C(O)NC1CCCCC1. The summed E-state index contributed by atoms with van der Waals surface area (Å²) in [6.45, 7) is 4.08. The lowest BCUT2D eigenvalue weighted by molar-refractivity contribution is 0.0712. The van der Waals surface area contributed by atoms with Gasteiger partial charge in [0.15, 0.2) is 0 Å². The molecule has 1 aliphatic rings. The van der Waals surface area contributed by atoms with Crippen molar-refractivity contribution in [1.29, 1.82) is 0 Å². The van der Waals surface area contributed by atoms with Gasteiger partial charge in [-0.05, 0) is 18.8 Å². The molecule has 0 aromatic carbocycles. The fourth-order valence-corrected chi connectivity index (χ4v) is 1.70. The average Bonchev–Trinajstić information content (AvgIpc) is 2.06. The first-order valence-electron chi connectivity index (χ1n) is 5.14. The van der Waals surface area contributed by atoms with E-state index in [0.717, 1.165) is 0 Å². The van der Waals surface area contributed by atoms with Gasteiger partial charge in [0, 0.05) is 6.04 Å². The van der Waals surface area contributed by atoms with Gasteiger partial charge in [-0.1, -0.05) is 33.1 Å². The lowest BCUT2D eigenvalue weighted by Crippen LogP contribution is -2.42. The van der Waals surface area contributed by atoms with E-state index in [9.17, 15) is 5.11 Å². The number of hydrogen-bond donors (Lipinski definition) is 2. The Morgan fingerprint density at radius 1 is 1.17 bits per heavy atom. The van der Waals surface area contributed by atoms with Gasteiger partial charge in [0.1, 0.15) is 6.23 Å². The second-order valence-corrected chi connectivity index (χ2v) is 4.19. The molecule has 2 heteroatoms. The maximum atomic E-state index is 9.57. The molecule has 1 unspecified atom stereocenters. The van der Waals surface area contributed by atoms with E-state index in [4.69, 9.17) is 0 Å². The van der Waals surface area contributed by atoms with E-state index in [1.165, 1.54) is 32.1 Å². The molecule has 1 saturated carbocycles. The van der Waals surface area contributed by atoms with Crippen molar-refractivity contribution in [3.8, 4) is 0 Å². The highest BCUT2D eigenvalue weighted by Gasteiger charge is 2.17. The van der Waals surface area contributed by atoms with Crippen LogP contribution in [0.5, 0.6) is 0 Å². The normalized spacial score (nSPS) is 23.0. The quantitative estimate of drug-likeness (QED) is 0.635. The zero-order valence-electron chi connectivity index (χ0n) is 8.21. The minimum Gasteiger partial charge on any atom is -0.378 e. The highest BCUT2D eigenvalue weighted by Crippen LogP contribution is 2.18. The van der Waals surface area contributed by atoms with Crippen molar-refractivity contribution in [2.24, 2.45) is 5.92 Å². The van der Waals surface area contributed by atoms with Crippen molar-refractivity contribution < 1.29 is 5.11 Å². The van der Waals surface area contributed by atoms with Crippen LogP contribution < -0.4 is 5.32 Å². The number of rotatable bonds is 3. The minimum absolute atomic E-state index is 0.312. The van der Waals surface area contributed by atoms with Gasteiger partial charge in [-0.3, -0.25) is 5.32 Å². The molecule has 0 aromatic rings. The molecule has 2 nitrogen and oxygen atoms in total. The smallest absolute Gasteiger partial charge is 0.107 e. The molecule has 1 aliphatic carbocycles. The van der Waals surface area contributed by atoms with Gasteiger partial charge in [-0.25, -0.2) is 0 Å². The summed E-state index contributed by atoms with van der Waals surface area (Å²) in [7, 11) is 0. The van der Waals surface area contributed by atoms with E-state index >= 15 is 0 Å². The van der Waals surface area contributed by atoms with Crippen LogP contribution in [0.1, 0.15) is 46.0 Å². The Hall–Kier alpha value is -0.0800. The molecular formula is C10H21NO. The van der Waals surface area contributed by atoms with Gasteiger partial charge in [-0.15, -0.1) is 0 Å². The Kier molecular flexibility index (Phi) is 4.02. The average molecular weight is 171 g/mol. The number of aliphatic hydroxyl groups excluding tert-OH is 1. The van der Waals surface area contributed by atoms with E-state index in [1.807, 2.05) is 13.8 Å². The summed E-state index contributed by atoms with van der Waals surface area (Å²) in [6, 6.07) is 0.566. The molecule has 0 aliphatic heterocycles. The van der Waals surface area contributed by atoms with Crippen LogP contribution in [0.25, 0.3) is 0 Å². The van der Waals surface area contributed by atoms with Gasteiger partial charge in [-0.2, -0.15) is 0 Å². The van der Waals surface area contributed by atoms with Crippen LogP contribution in [0, 0.1) is 5.92 Å². The van der Waals surface area contributed by atoms with Crippen molar-refractivity contribution in [2.45, 2.75) is 58.2 Å². The summed E-state index contributed by atoms with van der Waals surface area (Å²) in [5.74, 6) is 0.326. The van der Waals surface area contributed by atoms with E-state index in [1.54, 1.807) is 0 Å². The first-order chi connectivity index (χ1) is 5.70. The Morgan fingerprint density at radius 3 is 2.25 bits per heavy atom. The molecule has 1 atom stereocenters. The topological polar surface area (TPSA) is 32.3 Å². The highest BCUT2D eigenvalue weighted by atomic mass is 16.3. The van der Waals surface area contributed by atoms with Crippen molar-refractivity contribution in [1.82, 2.24) is 5.32 Å². The predicted molar refractivity (Wildman–Crippen MR) is 50.9 cm³/mol. The fourth-order valence-electron chi connectivity index (χ4n) is 1.70. The van der Waals surface area contributed by atoms with Gasteiger partial charge < -0.3 is 5.11 Å². The Labute approximate surface area is 75.4 Å². The summed E-state index contributed by atoms with van der Waals surface area (Å²) < 4.78 is 0. The van der Waals surface area contributed by atoms with E-state index in [2.05, 4.69) is 5.32 Å². The standard InChI is InChI=1S/C10H21NO/c1-8(2)10(12)11-9-6-4-3-5-7-9/h8-12H,3-7H2,1-2H3. The van der Waals surface area contributed by atoms with Crippen molar-refractivity contribution >= 4 is 0 Å². The summed E-state index contributed by atoms with van der Waals surface area (Å²) in [5.41, 5.74) is 0. The third-order valence-corrected chi connectivity index (χ3v) is 2.64. The maximum Gasteiger partial charge on any atom is 0.107 e. The third-order valence-electron chi connectivity index (χ3n) is 2.64. The molecule has 0 heterocycles. The Bertz CT molecular complexity index is 119. The van der Waals surface area contributed by atoms with Crippen LogP contribution in [0.15, 0.2) is 0 Å². The Balaban J connectivity index is 2.20. The van der Waals surface area contributed by atoms with Crippen LogP contribution in [-0.2, 0) is 0 Å². The fraction of sp³-hybridized carbons (Fsp3) is 1.00. The van der Waals surface area contributed by atoms with E-state index in [-0.39, 0.29) is 6.23 Å². The van der Waals surface area contributed by atoms with Crippen LogP contribution in [0.2, 0.25) is 0 Å². The second kappa shape index (κ2) is 4.83. The van der Waals surface area contributed by atoms with Crippen LogP contribution in [0.4, 0.5) is 0 Å². The van der Waals surface area contributed by atoms with E-state index < -0.39 is 0 Å². The zero-order valence-corrected chi connectivity index (χ0v) is 8.21. The number of aliphatic hydroxyl groups is 1. The molecule has 0 bridgehead atoms. The predicted octanol–water partition coefficient (Wildman–Crippen LogP) is 1.88. The molecule has 72 valence electrons. The first kappa shape index (κ1) is 10.0. The number of hydrogen-bond acceptors (Lipinski definition) is 2. The molecule has 1 rings (SSSR count). The first-order valence-corrected chi connectivity index (χ1v) is 5.14. The maximum absolute atomic E-state index is 9.57. The lowest BCUT2D eigenvalue weighted by atomic mass is 9.95. The second-order valence-electron chi connectivity index (χ2n) is 4.19. The van der Waals surface area contributed by atoms with Crippen LogP contribution >= 0.6 is 0 Å². The molecule has 1 fully saturated rings. The summed E-state index contributed by atoms with van der Waals surface area (Å²) >= 11 is 0. The molecule has 0 saturated heterocycles. The molecule has 0 radical (unpaired) electrons. The van der Waals surface area contributed by atoms with Gasteiger partial charge >= 0.3 is 0 Å². The molecule has 2 N–H and O–H groups in total. The zero-order chi connectivity index (χ0) is 8.97. The highest BCUT2D eigenvalue weighted by molar-refractivity contribution is 4.73. The lowest BCUT2D eigenvalue weighted by Gasteiger charge is -2.27. The van der Waals surface area contributed by atoms with Crippen molar-refractivity contribution in [3.05, 3.63) is 0 Å². The number of nitrogens with one attached hydrogen (secondary N) is 1. The van der Waals surface area contributed by atoms with Gasteiger partial charge in [0.05, 0.1) is 0 Å². The summed E-state index contributed by atoms with van der Waals surface area (Å²) in [6.07, 6.45) is 6.18. The monoisotopic (exact) mass is 171 g/mol. The largest absolute Gasteiger partial charge is 0.378 e. The Morgan fingerprint density at radius 2 is 1.75 bits per heavy atom. The molecule has 0 aromatic heterocycles. The third kappa shape index (κ3) is 3.11. The van der Waals surface area contributed by atoms with Crippen molar-refractivity contribution in [3.63, 3.8) is 0 Å². The molecule has 0 amide bonds. The molecule has 12 heavy (non-hydrogen) atoms. The minimum atomic E-state index is -0.312.